The molecule has 2 rings (SSSR count). The second-order valence-electron chi connectivity index (χ2n) is 5.40. The Bertz CT molecular complexity index is 573. The number of nitrogens with one attached hydrogen (secondary N) is 1. The van der Waals surface area contributed by atoms with Crippen molar-refractivity contribution in [3.63, 3.8) is 0 Å². The average Bonchev–Trinajstić information content (AvgIpc) is 2.66. The van der Waals surface area contributed by atoms with E-state index >= 15 is 0 Å². The molecule has 0 radical (unpaired) electrons. The summed E-state index contributed by atoms with van der Waals surface area (Å²) in [5.41, 5.74) is 5.62. The molecule has 9 nitrogen and oxygen atoms in total. The van der Waals surface area contributed by atoms with E-state index in [1.54, 1.807) is 19.0 Å². The smallest absolute Gasteiger partial charge is 0.325 e. The normalized spacial score (nSPS) is 18.3. The van der Waals surface area contributed by atoms with Crippen LogP contribution in [0.1, 0.15) is 19.7 Å². The number of hydrogen-bond donors (Lipinski definition) is 2. The Morgan fingerprint density at radius 1 is 1.29 bits per heavy atom. The number of amides is 3. The lowest BCUT2D eigenvalue weighted by molar-refractivity contribution is -0.128. The van der Waals surface area contributed by atoms with Crippen molar-refractivity contribution in [2.24, 2.45) is 5.92 Å². The lowest BCUT2D eigenvalue weighted by atomic mass is 10.1. The zero-order chi connectivity index (χ0) is 15.7. The number of carbonyl (C=O) groups excluding carboxylic acids is 2. The summed E-state index contributed by atoms with van der Waals surface area (Å²) in [5, 5.41) is 2.65. The molecule has 1 unspecified atom stereocenters. The molecule has 1 aromatic heterocycles. The quantitative estimate of drug-likeness (QED) is 0.725. The lowest BCUT2D eigenvalue weighted by Crippen LogP contribution is -2.34. The molecule has 0 aromatic carbocycles. The molecule has 114 valence electrons. The molecule has 9 heteroatoms. The summed E-state index contributed by atoms with van der Waals surface area (Å²) in [6.07, 6.45) is 0. The highest BCUT2D eigenvalue weighted by Gasteiger charge is 2.39. The molecule has 3 N–H and O–H groups in total. The molecule has 1 saturated heterocycles. The Morgan fingerprint density at radius 3 is 2.48 bits per heavy atom. The summed E-state index contributed by atoms with van der Waals surface area (Å²) >= 11 is 0. The molecule has 0 saturated carbocycles. The number of nitrogens with two attached hydrogens (primary N) is 1. The highest BCUT2D eigenvalue weighted by molar-refractivity contribution is 6.04. The molecule has 3 amide bonds. The van der Waals surface area contributed by atoms with Gasteiger partial charge in [0.1, 0.15) is 6.04 Å². The van der Waals surface area contributed by atoms with E-state index < -0.39 is 12.1 Å². The van der Waals surface area contributed by atoms with Crippen LogP contribution in [-0.2, 0) is 11.3 Å². The third-order valence-corrected chi connectivity index (χ3v) is 3.11. The summed E-state index contributed by atoms with van der Waals surface area (Å²) in [6.45, 7) is 3.72. The van der Waals surface area contributed by atoms with Gasteiger partial charge >= 0.3 is 6.03 Å². The predicted molar refractivity (Wildman–Crippen MR) is 76.3 cm³/mol. The first-order chi connectivity index (χ1) is 9.79. The van der Waals surface area contributed by atoms with Crippen LogP contribution in [0.25, 0.3) is 0 Å². The zero-order valence-electron chi connectivity index (χ0n) is 12.5. The topological polar surface area (TPSA) is 117 Å². The molecule has 0 aliphatic carbocycles. The van der Waals surface area contributed by atoms with E-state index in [0.29, 0.717) is 5.95 Å². The molecule has 1 aliphatic heterocycles. The largest absolute Gasteiger partial charge is 0.368 e. The molecule has 1 atom stereocenters. The van der Waals surface area contributed by atoms with Gasteiger partial charge in [-0.15, -0.1) is 0 Å². The van der Waals surface area contributed by atoms with E-state index in [9.17, 15) is 9.59 Å². The summed E-state index contributed by atoms with van der Waals surface area (Å²) in [4.78, 5) is 39.0. The Morgan fingerprint density at radius 2 is 1.95 bits per heavy atom. The fourth-order valence-electron chi connectivity index (χ4n) is 1.98. The fraction of sp³-hybridized carbons (Fsp3) is 0.583. The first-order valence-electron chi connectivity index (χ1n) is 6.59. The first kappa shape index (κ1) is 14.9. The van der Waals surface area contributed by atoms with Crippen molar-refractivity contribution in [3.8, 4) is 0 Å². The number of nitrogens with zero attached hydrogens (tertiary/aromatic N) is 5. The molecule has 1 aliphatic rings. The maximum atomic E-state index is 12.2. The number of nitrogen functional groups attached to an aromatic ring is 1. The minimum absolute atomic E-state index is 0.0206. The Labute approximate surface area is 122 Å². The van der Waals surface area contributed by atoms with Crippen molar-refractivity contribution in [1.82, 2.24) is 25.2 Å². The van der Waals surface area contributed by atoms with Gasteiger partial charge in [-0.1, -0.05) is 13.8 Å². The van der Waals surface area contributed by atoms with Crippen LogP contribution in [-0.4, -0.2) is 51.9 Å². The van der Waals surface area contributed by atoms with Crippen molar-refractivity contribution >= 4 is 23.8 Å². The minimum Gasteiger partial charge on any atom is -0.368 e. The van der Waals surface area contributed by atoms with Gasteiger partial charge < -0.3 is 16.0 Å². The number of hydrogen-bond acceptors (Lipinski definition) is 7. The van der Waals surface area contributed by atoms with Crippen LogP contribution in [0.2, 0.25) is 0 Å². The van der Waals surface area contributed by atoms with E-state index in [1.165, 1.54) is 0 Å². The van der Waals surface area contributed by atoms with Crippen molar-refractivity contribution in [2.45, 2.75) is 26.4 Å². The Hall–Kier alpha value is -2.45. The van der Waals surface area contributed by atoms with Crippen molar-refractivity contribution in [1.29, 1.82) is 0 Å². The van der Waals surface area contributed by atoms with Gasteiger partial charge in [-0.2, -0.15) is 15.0 Å². The average molecular weight is 293 g/mol. The number of urea groups is 1. The van der Waals surface area contributed by atoms with Gasteiger partial charge in [0.05, 0.1) is 6.54 Å². The van der Waals surface area contributed by atoms with E-state index in [4.69, 9.17) is 5.73 Å². The van der Waals surface area contributed by atoms with Gasteiger partial charge in [0, 0.05) is 14.1 Å². The zero-order valence-corrected chi connectivity index (χ0v) is 12.5. The molecule has 1 fully saturated rings. The SMILES string of the molecule is CC(C)C1NC(=O)N(Cc2nc(N)nc(N(C)C)n2)C1=O. The van der Waals surface area contributed by atoms with Crippen LogP contribution >= 0.6 is 0 Å². The second-order valence-corrected chi connectivity index (χ2v) is 5.40. The van der Waals surface area contributed by atoms with Crippen LogP contribution < -0.4 is 16.0 Å². The van der Waals surface area contributed by atoms with Crippen LogP contribution in [0, 0.1) is 5.92 Å². The summed E-state index contributed by atoms with van der Waals surface area (Å²) < 4.78 is 0. The number of carbonyl (C=O) groups is 2. The summed E-state index contributed by atoms with van der Waals surface area (Å²) in [5.74, 6) is 0.452. The summed E-state index contributed by atoms with van der Waals surface area (Å²) in [6, 6.07) is -0.950. The fourth-order valence-corrected chi connectivity index (χ4v) is 1.98. The van der Waals surface area contributed by atoms with Crippen molar-refractivity contribution < 1.29 is 9.59 Å². The third kappa shape index (κ3) is 3.01. The van der Waals surface area contributed by atoms with Crippen LogP contribution in [0.4, 0.5) is 16.7 Å². The van der Waals surface area contributed by atoms with E-state index in [-0.39, 0.29) is 30.1 Å². The first-order valence-corrected chi connectivity index (χ1v) is 6.59. The maximum absolute atomic E-state index is 12.2. The molecular weight excluding hydrogens is 274 g/mol. The number of rotatable bonds is 4. The molecule has 2 heterocycles. The lowest BCUT2D eigenvalue weighted by Gasteiger charge is -2.15. The molecule has 0 spiro atoms. The third-order valence-electron chi connectivity index (χ3n) is 3.11. The number of anilines is 2. The van der Waals surface area contributed by atoms with E-state index in [2.05, 4.69) is 20.3 Å². The predicted octanol–water partition coefficient (Wildman–Crippen LogP) is -0.404. The van der Waals surface area contributed by atoms with E-state index in [1.807, 2.05) is 13.8 Å². The van der Waals surface area contributed by atoms with Crippen molar-refractivity contribution in [3.05, 3.63) is 5.82 Å². The Kier molecular flexibility index (Phi) is 3.92. The van der Waals surface area contributed by atoms with E-state index in [0.717, 1.165) is 4.90 Å². The second kappa shape index (κ2) is 5.51. The summed E-state index contributed by atoms with van der Waals surface area (Å²) in [7, 11) is 3.53. The monoisotopic (exact) mass is 293 g/mol. The molecule has 0 bridgehead atoms. The Balaban J connectivity index is 2.22. The van der Waals surface area contributed by atoms with Gasteiger partial charge in [0.15, 0.2) is 5.82 Å². The number of aromatic nitrogens is 3. The van der Waals surface area contributed by atoms with Gasteiger partial charge in [-0.25, -0.2) is 4.79 Å². The highest BCUT2D eigenvalue weighted by Crippen LogP contribution is 2.16. The van der Waals surface area contributed by atoms with Gasteiger partial charge in [-0.3, -0.25) is 9.69 Å². The van der Waals surface area contributed by atoms with Crippen LogP contribution in [0.5, 0.6) is 0 Å². The van der Waals surface area contributed by atoms with Crippen LogP contribution in [0.15, 0.2) is 0 Å². The standard InChI is InChI=1S/C12H19N7O2/c1-6(2)8-9(20)19(12(21)16-8)5-7-14-10(13)17-11(15-7)18(3)4/h6,8H,5H2,1-4H3,(H,16,21)(H2,13,14,15,17). The molecule has 21 heavy (non-hydrogen) atoms. The van der Waals surface area contributed by atoms with Gasteiger partial charge in [0.2, 0.25) is 11.9 Å². The van der Waals surface area contributed by atoms with Gasteiger partial charge in [0.25, 0.3) is 5.91 Å². The minimum atomic E-state index is -0.509. The highest BCUT2D eigenvalue weighted by atomic mass is 16.2. The molecule has 1 aromatic rings. The molecular formula is C12H19N7O2. The number of imide groups is 1. The van der Waals surface area contributed by atoms with Crippen molar-refractivity contribution in [2.75, 3.05) is 24.7 Å². The maximum Gasteiger partial charge on any atom is 0.325 e. The van der Waals surface area contributed by atoms with Crippen LogP contribution in [0.3, 0.4) is 0 Å². The van der Waals surface area contributed by atoms with Gasteiger partial charge in [-0.05, 0) is 5.92 Å².